The average molecular weight is 495 g/mol. The summed E-state index contributed by atoms with van der Waals surface area (Å²) in [5, 5.41) is 5.74. The van der Waals surface area contributed by atoms with E-state index in [4.69, 9.17) is 4.74 Å². The second kappa shape index (κ2) is 10.0. The summed E-state index contributed by atoms with van der Waals surface area (Å²) < 4.78 is 6.20. The first kappa shape index (κ1) is 23.5. The maximum atomic E-state index is 12.5. The largest absolute Gasteiger partial charge is 0.493 e. The van der Waals surface area contributed by atoms with Gasteiger partial charge in [0.15, 0.2) is 0 Å². The van der Waals surface area contributed by atoms with Crippen LogP contribution in [0.4, 0.5) is 11.4 Å². The predicted molar refractivity (Wildman–Crippen MR) is 133 cm³/mol. The van der Waals surface area contributed by atoms with Crippen molar-refractivity contribution in [3.63, 3.8) is 0 Å². The lowest BCUT2D eigenvalue weighted by Crippen LogP contribution is -2.14. The lowest BCUT2D eigenvalue weighted by Gasteiger charge is -2.19. The highest BCUT2D eigenvalue weighted by atomic mass is 79.9. The Kier molecular flexibility index (Phi) is 7.36. The summed E-state index contributed by atoms with van der Waals surface area (Å²) in [6.07, 6.45) is 0. The first-order valence-electron chi connectivity index (χ1n) is 10.4. The Hall–Kier alpha value is -3.12. The van der Waals surface area contributed by atoms with E-state index in [1.54, 1.807) is 42.5 Å². The Balaban J connectivity index is 1.62. The molecule has 0 aliphatic carbocycles. The quantitative estimate of drug-likeness (QED) is 0.402. The number of nitrogens with one attached hydrogen (secondary N) is 2. The summed E-state index contributed by atoms with van der Waals surface area (Å²) in [4.78, 5) is 25.1. The molecule has 32 heavy (non-hydrogen) atoms. The monoisotopic (exact) mass is 494 g/mol. The van der Waals surface area contributed by atoms with Crippen molar-refractivity contribution in [2.24, 2.45) is 0 Å². The molecule has 0 atom stereocenters. The summed E-state index contributed by atoms with van der Waals surface area (Å²) in [6, 6.07) is 19.8. The van der Waals surface area contributed by atoms with Crippen molar-refractivity contribution < 1.29 is 14.3 Å². The zero-order valence-electron chi connectivity index (χ0n) is 18.7. The van der Waals surface area contributed by atoms with Crippen LogP contribution in [-0.4, -0.2) is 18.4 Å². The topological polar surface area (TPSA) is 67.4 Å². The Morgan fingerprint density at radius 2 is 1.31 bits per heavy atom. The number of carbonyl (C=O) groups is 2. The first-order valence-corrected chi connectivity index (χ1v) is 11.2. The molecule has 0 fully saturated rings. The van der Waals surface area contributed by atoms with Crippen LogP contribution in [0.15, 0.2) is 71.2 Å². The fraction of sp³-hybridized carbons (Fsp3) is 0.231. The van der Waals surface area contributed by atoms with Crippen LogP contribution in [0.1, 0.15) is 54.0 Å². The first-order chi connectivity index (χ1) is 15.2. The van der Waals surface area contributed by atoms with Crippen LogP contribution in [0.25, 0.3) is 0 Å². The summed E-state index contributed by atoms with van der Waals surface area (Å²) in [5.74, 6) is 0.281. The number of halogens is 1. The number of hydrogen-bond donors (Lipinski definition) is 2. The Labute approximate surface area is 197 Å². The molecule has 3 aromatic rings. The molecule has 166 valence electrons. The lowest BCUT2D eigenvalue weighted by molar-refractivity contribution is 0.101. The van der Waals surface area contributed by atoms with E-state index in [0.717, 1.165) is 4.47 Å². The molecule has 0 aliphatic heterocycles. The molecule has 0 bridgehead atoms. The van der Waals surface area contributed by atoms with Crippen molar-refractivity contribution in [3.8, 4) is 5.75 Å². The van der Waals surface area contributed by atoms with Gasteiger partial charge in [-0.05, 0) is 88.4 Å². The van der Waals surface area contributed by atoms with E-state index in [1.807, 2.05) is 31.2 Å². The van der Waals surface area contributed by atoms with Gasteiger partial charge in [0.2, 0.25) is 0 Å². The van der Waals surface area contributed by atoms with E-state index in [2.05, 4.69) is 47.3 Å². The fourth-order valence-corrected chi connectivity index (χ4v) is 3.57. The SMILES string of the molecule is CCOc1ccc(C(=O)Nc2ccc(NC(=O)c3ccc(C(C)(C)C)cc3)cc2)cc1Br. The third kappa shape index (κ3) is 5.98. The lowest BCUT2D eigenvalue weighted by atomic mass is 9.87. The van der Waals surface area contributed by atoms with Crippen LogP contribution in [0.2, 0.25) is 0 Å². The molecule has 0 radical (unpaired) electrons. The number of anilines is 2. The predicted octanol–water partition coefficient (Wildman–Crippen LogP) is 6.65. The van der Waals surface area contributed by atoms with Crippen LogP contribution in [0.3, 0.4) is 0 Å². The maximum absolute atomic E-state index is 12.5. The molecule has 2 amide bonds. The van der Waals surface area contributed by atoms with Gasteiger partial charge in [-0.2, -0.15) is 0 Å². The second-order valence-electron chi connectivity index (χ2n) is 8.39. The molecular formula is C26H27BrN2O3. The molecule has 0 saturated heterocycles. The van der Waals surface area contributed by atoms with E-state index in [0.29, 0.717) is 34.9 Å². The third-order valence-corrected chi connectivity index (χ3v) is 5.53. The Morgan fingerprint density at radius 1 is 0.812 bits per heavy atom. The van der Waals surface area contributed by atoms with Gasteiger partial charge in [0.25, 0.3) is 11.8 Å². The molecule has 5 nitrogen and oxygen atoms in total. The van der Waals surface area contributed by atoms with Crippen molar-refractivity contribution in [3.05, 3.63) is 87.9 Å². The molecule has 0 saturated carbocycles. The van der Waals surface area contributed by atoms with Gasteiger partial charge in [-0.3, -0.25) is 9.59 Å². The van der Waals surface area contributed by atoms with E-state index in [9.17, 15) is 9.59 Å². The smallest absolute Gasteiger partial charge is 0.255 e. The summed E-state index contributed by atoms with van der Waals surface area (Å²) in [6.45, 7) is 8.86. The Morgan fingerprint density at radius 3 is 1.78 bits per heavy atom. The number of hydrogen-bond acceptors (Lipinski definition) is 3. The average Bonchev–Trinajstić information content (AvgIpc) is 2.76. The van der Waals surface area contributed by atoms with Gasteiger partial charge >= 0.3 is 0 Å². The van der Waals surface area contributed by atoms with Crippen molar-refractivity contribution in [2.45, 2.75) is 33.1 Å². The molecule has 0 heterocycles. The zero-order valence-corrected chi connectivity index (χ0v) is 20.2. The molecule has 0 unspecified atom stereocenters. The van der Waals surface area contributed by atoms with Crippen molar-refractivity contribution in [1.29, 1.82) is 0 Å². The number of benzene rings is 3. The standard InChI is InChI=1S/C26H27BrN2O3/c1-5-32-23-15-8-18(16-22(23)27)25(31)29-21-13-11-20(12-14-21)28-24(30)17-6-9-19(10-7-17)26(2,3)4/h6-16H,5H2,1-4H3,(H,28,30)(H,29,31). The molecule has 2 N–H and O–H groups in total. The normalized spacial score (nSPS) is 11.0. The highest BCUT2D eigenvalue weighted by Crippen LogP contribution is 2.27. The van der Waals surface area contributed by atoms with Crippen LogP contribution in [0, 0.1) is 0 Å². The van der Waals surface area contributed by atoms with Gasteiger partial charge in [-0.25, -0.2) is 0 Å². The molecule has 6 heteroatoms. The van der Waals surface area contributed by atoms with Crippen LogP contribution in [0.5, 0.6) is 5.75 Å². The summed E-state index contributed by atoms with van der Waals surface area (Å²) >= 11 is 3.42. The zero-order chi connectivity index (χ0) is 23.3. The fourth-order valence-electron chi connectivity index (χ4n) is 3.08. The summed E-state index contributed by atoms with van der Waals surface area (Å²) in [7, 11) is 0. The van der Waals surface area contributed by atoms with Gasteiger partial charge in [-0.15, -0.1) is 0 Å². The number of carbonyl (C=O) groups excluding carboxylic acids is 2. The third-order valence-electron chi connectivity index (χ3n) is 4.91. The van der Waals surface area contributed by atoms with E-state index in [1.165, 1.54) is 5.56 Å². The van der Waals surface area contributed by atoms with Gasteiger partial charge in [0, 0.05) is 22.5 Å². The Bertz CT molecular complexity index is 1100. The number of amides is 2. The van der Waals surface area contributed by atoms with E-state index < -0.39 is 0 Å². The van der Waals surface area contributed by atoms with Crippen molar-refractivity contribution in [2.75, 3.05) is 17.2 Å². The molecule has 0 spiro atoms. The minimum absolute atomic E-state index is 0.0384. The van der Waals surface area contributed by atoms with Gasteiger partial charge < -0.3 is 15.4 Å². The highest BCUT2D eigenvalue weighted by Gasteiger charge is 2.14. The highest BCUT2D eigenvalue weighted by molar-refractivity contribution is 9.10. The minimum atomic E-state index is -0.232. The summed E-state index contributed by atoms with van der Waals surface area (Å²) in [5.41, 5.74) is 3.60. The maximum Gasteiger partial charge on any atom is 0.255 e. The molecule has 0 aliphatic rings. The van der Waals surface area contributed by atoms with Crippen LogP contribution in [-0.2, 0) is 5.41 Å². The van der Waals surface area contributed by atoms with Gasteiger partial charge in [0.1, 0.15) is 5.75 Å². The van der Waals surface area contributed by atoms with E-state index >= 15 is 0 Å². The molecule has 3 aromatic carbocycles. The van der Waals surface area contributed by atoms with Crippen LogP contribution >= 0.6 is 15.9 Å². The molecule has 0 aromatic heterocycles. The van der Waals surface area contributed by atoms with Crippen molar-refractivity contribution >= 4 is 39.1 Å². The van der Waals surface area contributed by atoms with Gasteiger partial charge in [-0.1, -0.05) is 32.9 Å². The number of ether oxygens (including phenoxy) is 1. The molecule has 3 rings (SSSR count). The second-order valence-corrected chi connectivity index (χ2v) is 9.25. The van der Waals surface area contributed by atoms with Crippen LogP contribution < -0.4 is 15.4 Å². The molecular weight excluding hydrogens is 468 g/mol. The minimum Gasteiger partial charge on any atom is -0.493 e. The van der Waals surface area contributed by atoms with Crippen molar-refractivity contribution in [1.82, 2.24) is 0 Å². The van der Waals surface area contributed by atoms with E-state index in [-0.39, 0.29) is 17.2 Å². The van der Waals surface area contributed by atoms with Gasteiger partial charge in [0.05, 0.1) is 11.1 Å². The number of rotatable bonds is 6.